The van der Waals surface area contributed by atoms with Gasteiger partial charge < -0.3 is 10.2 Å². The molecule has 1 N–H and O–H groups in total. The molecule has 0 aliphatic carbocycles. The Morgan fingerprint density at radius 3 is 2.53 bits per heavy atom. The highest BCUT2D eigenvalue weighted by molar-refractivity contribution is 7.17. The number of nitrogens with one attached hydrogen (secondary N) is 1. The number of aromatic nitrogens is 3. The van der Waals surface area contributed by atoms with Gasteiger partial charge in [0.05, 0.1) is 5.69 Å². The van der Waals surface area contributed by atoms with E-state index in [4.69, 9.17) is 0 Å². The van der Waals surface area contributed by atoms with Crippen LogP contribution in [0.5, 0.6) is 0 Å². The van der Waals surface area contributed by atoms with Gasteiger partial charge >= 0.3 is 0 Å². The van der Waals surface area contributed by atoms with Gasteiger partial charge in [-0.25, -0.2) is 15.0 Å². The molecule has 8 heteroatoms. The molecule has 1 aliphatic rings. The molecular weight excluding hydrogens is 396 g/mol. The maximum absolute atomic E-state index is 12.6. The summed E-state index contributed by atoms with van der Waals surface area (Å²) in [4.78, 5) is 31.1. The molecule has 7 nitrogen and oxygen atoms in total. The van der Waals surface area contributed by atoms with Gasteiger partial charge in [-0.15, -0.1) is 11.3 Å². The molecule has 1 aromatic carbocycles. The predicted octanol–water partition coefficient (Wildman–Crippen LogP) is 2.85. The van der Waals surface area contributed by atoms with E-state index in [2.05, 4.69) is 30.1 Å². The number of hydrogen-bond acceptors (Lipinski definition) is 7. The van der Waals surface area contributed by atoms with Crippen LogP contribution in [0.2, 0.25) is 0 Å². The zero-order chi connectivity index (χ0) is 20.8. The lowest BCUT2D eigenvalue weighted by atomic mass is 10.2. The summed E-state index contributed by atoms with van der Waals surface area (Å²) in [5.41, 5.74) is 1.83. The van der Waals surface area contributed by atoms with E-state index in [-0.39, 0.29) is 5.91 Å². The standard InChI is InChI=1S/C22H26N6OS/c1-17-19(30-21(26-17)18-7-3-2-4-8-18)20(29)23-11-6-12-27-13-15-28(16-14-27)22-24-9-5-10-25-22/h2-5,7-10H,6,11-16H2,1H3,(H,23,29). The molecule has 0 saturated carbocycles. The third-order valence-electron chi connectivity index (χ3n) is 5.17. The Labute approximate surface area is 180 Å². The zero-order valence-electron chi connectivity index (χ0n) is 17.1. The molecule has 0 spiro atoms. The van der Waals surface area contributed by atoms with Gasteiger partial charge in [-0.1, -0.05) is 30.3 Å². The summed E-state index contributed by atoms with van der Waals surface area (Å²) in [6.07, 6.45) is 4.49. The quantitative estimate of drug-likeness (QED) is 0.590. The van der Waals surface area contributed by atoms with Crippen molar-refractivity contribution in [3.05, 3.63) is 59.4 Å². The van der Waals surface area contributed by atoms with Crippen LogP contribution in [0.4, 0.5) is 5.95 Å². The van der Waals surface area contributed by atoms with E-state index in [1.54, 1.807) is 12.4 Å². The number of amides is 1. The number of carbonyl (C=O) groups excluding carboxylic acids is 1. The molecular formula is C22H26N6OS. The first-order valence-corrected chi connectivity index (χ1v) is 11.1. The van der Waals surface area contributed by atoms with Crippen molar-refractivity contribution >= 4 is 23.2 Å². The summed E-state index contributed by atoms with van der Waals surface area (Å²) < 4.78 is 0. The van der Waals surface area contributed by atoms with E-state index in [1.165, 1.54) is 11.3 Å². The lowest BCUT2D eigenvalue weighted by Crippen LogP contribution is -2.47. The number of anilines is 1. The van der Waals surface area contributed by atoms with Crippen molar-refractivity contribution in [2.24, 2.45) is 0 Å². The van der Waals surface area contributed by atoms with Gasteiger partial charge in [-0.2, -0.15) is 0 Å². The molecule has 2 aromatic heterocycles. The van der Waals surface area contributed by atoms with Crippen molar-refractivity contribution in [3.63, 3.8) is 0 Å². The SMILES string of the molecule is Cc1nc(-c2ccccc2)sc1C(=O)NCCCN1CCN(c2ncccn2)CC1. The molecule has 1 amide bonds. The smallest absolute Gasteiger partial charge is 0.263 e. The van der Waals surface area contributed by atoms with Crippen molar-refractivity contribution in [2.75, 3.05) is 44.2 Å². The first-order valence-electron chi connectivity index (χ1n) is 10.3. The summed E-state index contributed by atoms with van der Waals surface area (Å²) in [7, 11) is 0. The zero-order valence-corrected chi connectivity index (χ0v) is 17.9. The van der Waals surface area contributed by atoms with E-state index in [1.807, 2.05) is 43.3 Å². The summed E-state index contributed by atoms with van der Waals surface area (Å²) >= 11 is 1.45. The number of aryl methyl sites for hydroxylation is 1. The maximum Gasteiger partial charge on any atom is 0.263 e. The van der Waals surface area contributed by atoms with Gasteiger partial charge in [0.1, 0.15) is 9.88 Å². The lowest BCUT2D eigenvalue weighted by molar-refractivity contribution is 0.0954. The van der Waals surface area contributed by atoms with Crippen molar-refractivity contribution in [3.8, 4) is 10.6 Å². The third kappa shape index (κ3) is 5.01. The number of thiazole rings is 1. The Morgan fingerprint density at radius 2 is 1.80 bits per heavy atom. The first-order chi connectivity index (χ1) is 14.7. The second-order valence-electron chi connectivity index (χ2n) is 7.29. The summed E-state index contributed by atoms with van der Waals surface area (Å²) in [5, 5.41) is 3.94. The number of hydrogen-bond donors (Lipinski definition) is 1. The Morgan fingerprint density at radius 1 is 1.07 bits per heavy atom. The minimum Gasteiger partial charge on any atom is -0.351 e. The fourth-order valence-electron chi connectivity index (χ4n) is 3.52. The molecule has 0 radical (unpaired) electrons. The van der Waals surface area contributed by atoms with E-state index in [0.717, 1.165) is 61.4 Å². The van der Waals surface area contributed by atoms with Gasteiger partial charge in [0.2, 0.25) is 5.95 Å². The molecule has 1 aliphatic heterocycles. The monoisotopic (exact) mass is 422 g/mol. The number of benzene rings is 1. The third-order valence-corrected chi connectivity index (χ3v) is 6.37. The molecule has 0 bridgehead atoms. The summed E-state index contributed by atoms with van der Waals surface area (Å²) in [6, 6.07) is 11.8. The second-order valence-corrected chi connectivity index (χ2v) is 8.29. The summed E-state index contributed by atoms with van der Waals surface area (Å²) in [6.45, 7) is 7.37. The predicted molar refractivity (Wildman–Crippen MR) is 120 cm³/mol. The van der Waals surface area contributed by atoms with Gasteiger partial charge in [0, 0.05) is 50.7 Å². The fraction of sp³-hybridized carbons (Fsp3) is 0.364. The molecule has 0 atom stereocenters. The average Bonchev–Trinajstić information content (AvgIpc) is 3.20. The van der Waals surface area contributed by atoms with Gasteiger partial charge in [0.25, 0.3) is 5.91 Å². The molecule has 156 valence electrons. The number of piperazine rings is 1. The van der Waals surface area contributed by atoms with Crippen molar-refractivity contribution in [2.45, 2.75) is 13.3 Å². The molecule has 30 heavy (non-hydrogen) atoms. The molecule has 3 heterocycles. The van der Waals surface area contributed by atoms with E-state index >= 15 is 0 Å². The van der Waals surface area contributed by atoms with Crippen LogP contribution in [0.3, 0.4) is 0 Å². The highest BCUT2D eigenvalue weighted by atomic mass is 32.1. The normalized spacial score (nSPS) is 14.6. The van der Waals surface area contributed by atoms with Gasteiger partial charge in [0.15, 0.2) is 0 Å². The average molecular weight is 423 g/mol. The number of rotatable bonds is 7. The van der Waals surface area contributed by atoms with E-state index in [9.17, 15) is 4.79 Å². The Balaban J connectivity index is 1.20. The summed E-state index contributed by atoms with van der Waals surface area (Å²) in [5.74, 6) is 0.775. The van der Waals surface area contributed by atoms with Crippen molar-refractivity contribution < 1.29 is 4.79 Å². The van der Waals surface area contributed by atoms with Crippen LogP contribution < -0.4 is 10.2 Å². The Bertz CT molecular complexity index is 954. The largest absolute Gasteiger partial charge is 0.351 e. The molecule has 0 unspecified atom stereocenters. The lowest BCUT2D eigenvalue weighted by Gasteiger charge is -2.34. The molecule has 3 aromatic rings. The van der Waals surface area contributed by atoms with Crippen LogP contribution >= 0.6 is 11.3 Å². The van der Waals surface area contributed by atoms with Crippen molar-refractivity contribution in [1.29, 1.82) is 0 Å². The second kappa shape index (κ2) is 9.77. The van der Waals surface area contributed by atoms with Crippen LogP contribution in [0, 0.1) is 6.92 Å². The molecule has 1 saturated heterocycles. The van der Waals surface area contributed by atoms with Crippen LogP contribution in [-0.2, 0) is 0 Å². The van der Waals surface area contributed by atoms with Crippen LogP contribution in [-0.4, -0.2) is 65.0 Å². The van der Waals surface area contributed by atoms with Crippen LogP contribution in [0.25, 0.3) is 10.6 Å². The minimum absolute atomic E-state index is 0.0294. The van der Waals surface area contributed by atoms with Gasteiger partial charge in [-0.3, -0.25) is 9.69 Å². The number of carbonyl (C=O) groups is 1. The molecule has 4 rings (SSSR count). The maximum atomic E-state index is 12.6. The van der Waals surface area contributed by atoms with Crippen molar-refractivity contribution in [1.82, 2.24) is 25.2 Å². The highest BCUT2D eigenvalue weighted by Gasteiger charge is 2.19. The topological polar surface area (TPSA) is 74.2 Å². The van der Waals surface area contributed by atoms with Crippen LogP contribution in [0.15, 0.2) is 48.8 Å². The molecule has 1 fully saturated rings. The number of nitrogens with zero attached hydrogens (tertiary/aromatic N) is 5. The van der Waals surface area contributed by atoms with E-state index in [0.29, 0.717) is 11.4 Å². The fourth-order valence-corrected chi connectivity index (χ4v) is 4.51. The van der Waals surface area contributed by atoms with Gasteiger partial charge in [-0.05, 0) is 26.0 Å². The van der Waals surface area contributed by atoms with Crippen LogP contribution in [0.1, 0.15) is 21.8 Å². The Hall–Kier alpha value is -2.84. The van der Waals surface area contributed by atoms with E-state index < -0.39 is 0 Å². The first kappa shape index (κ1) is 20.4. The Kier molecular flexibility index (Phi) is 6.66. The minimum atomic E-state index is -0.0294. The highest BCUT2D eigenvalue weighted by Crippen LogP contribution is 2.27.